The molecule has 2 heteroatoms. The molecule has 0 N–H and O–H groups in total. The summed E-state index contributed by atoms with van der Waals surface area (Å²) in [6, 6.07) is 0. The molecule has 0 bridgehead atoms. The Bertz CT molecular complexity index is 176. The number of hydrogen-bond donors (Lipinski definition) is 0. The van der Waals surface area contributed by atoms with Crippen molar-refractivity contribution < 1.29 is 9.53 Å². The monoisotopic (exact) mass is 154 g/mol. The maximum Gasteiger partial charge on any atom is 0.306 e. The second kappa shape index (κ2) is 2.50. The number of ether oxygens (including phenoxy) is 1. The number of carbonyl (C=O) groups excluding carboxylic acids is 1. The van der Waals surface area contributed by atoms with E-state index in [1.165, 1.54) is 12.8 Å². The van der Waals surface area contributed by atoms with Gasteiger partial charge in [-0.1, -0.05) is 13.3 Å². The normalized spacial score (nSPS) is 43.4. The fourth-order valence-electron chi connectivity index (χ4n) is 2.39. The highest BCUT2D eigenvalue weighted by atomic mass is 16.5. The summed E-state index contributed by atoms with van der Waals surface area (Å²) in [5.74, 6) is 2.10. The minimum atomic E-state index is 0.0142. The molecule has 3 atom stereocenters. The summed E-state index contributed by atoms with van der Waals surface area (Å²) in [6.07, 6.45) is 3.20. The molecule has 0 aromatic rings. The lowest BCUT2D eigenvalue weighted by Gasteiger charge is -2.26. The molecule has 2 rings (SSSR count). The molecule has 1 aliphatic heterocycles. The summed E-state index contributed by atoms with van der Waals surface area (Å²) in [5, 5.41) is 0. The number of carbonyl (C=O) groups is 1. The van der Waals surface area contributed by atoms with E-state index in [1.54, 1.807) is 0 Å². The second-order valence-electron chi connectivity index (χ2n) is 3.87. The van der Waals surface area contributed by atoms with Crippen molar-refractivity contribution in [3.05, 3.63) is 0 Å². The predicted octanol–water partition coefficient (Wildman–Crippen LogP) is 1.60. The first kappa shape index (κ1) is 7.14. The van der Waals surface area contributed by atoms with Crippen molar-refractivity contribution in [2.24, 2.45) is 17.8 Å². The summed E-state index contributed by atoms with van der Waals surface area (Å²) in [6.45, 7) is 2.95. The van der Waals surface area contributed by atoms with Crippen molar-refractivity contribution in [1.29, 1.82) is 0 Å². The van der Waals surface area contributed by atoms with E-state index in [9.17, 15) is 4.79 Å². The van der Waals surface area contributed by atoms with Crippen molar-refractivity contribution in [2.45, 2.75) is 26.2 Å². The molecular formula is C9H14O2. The first-order valence-electron chi connectivity index (χ1n) is 4.43. The highest BCUT2D eigenvalue weighted by molar-refractivity contribution is 5.70. The van der Waals surface area contributed by atoms with Gasteiger partial charge >= 0.3 is 5.97 Å². The van der Waals surface area contributed by atoms with E-state index in [-0.39, 0.29) is 5.97 Å². The van der Waals surface area contributed by atoms with Crippen LogP contribution in [0.1, 0.15) is 26.2 Å². The number of fused-ring (bicyclic) bond motifs is 1. The molecule has 2 fully saturated rings. The topological polar surface area (TPSA) is 26.3 Å². The maximum absolute atomic E-state index is 10.9. The van der Waals surface area contributed by atoms with Crippen LogP contribution >= 0.6 is 0 Å². The van der Waals surface area contributed by atoms with E-state index in [4.69, 9.17) is 4.74 Å². The summed E-state index contributed by atoms with van der Waals surface area (Å²) in [7, 11) is 0. The van der Waals surface area contributed by atoms with Gasteiger partial charge in [-0.25, -0.2) is 0 Å². The van der Waals surface area contributed by atoms with Crippen LogP contribution in [0, 0.1) is 17.8 Å². The molecule has 2 nitrogen and oxygen atoms in total. The zero-order chi connectivity index (χ0) is 7.84. The third-order valence-electron chi connectivity index (χ3n) is 3.19. The van der Waals surface area contributed by atoms with E-state index in [0.717, 1.165) is 5.92 Å². The molecule has 0 radical (unpaired) electrons. The minimum absolute atomic E-state index is 0.0142. The molecule has 2 aliphatic rings. The lowest BCUT2D eigenvalue weighted by Crippen LogP contribution is -2.29. The van der Waals surface area contributed by atoms with Crippen LogP contribution in [0.4, 0.5) is 0 Å². The lowest BCUT2D eigenvalue weighted by atomic mass is 9.87. The van der Waals surface area contributed by atoms with Gasteiger partial charge < -0.3 is 4.74 Å². The first-order valence-corrected chi connectivity index (χ1v) is 4.43. The molecule has 11 heavy (non-hydrogen) atoms. The van der Waals surface area contributed by atoms with Crippen LogP contribution < -0.4 is 0 Å². The van der Waals surface area contributed by atoms with Crippen LogP contribution in [0.2, 0.25) is 0 Å². The first-order chi connectivity index (χ1) is 5.27. The third-order valence-corrected chi connectivity index (χ3v) is 3.19. The van der Waals surface area contributed by atoms with Gasteiger partial charge in [0.05, 0.1) is 6.61 Å². The number of rotatable bonds is 0. The van der Waals surface area contributed by atoms with Gasteiger partial charge in [-0.3, -0.25) is 4.79 Å². The molecule has 1 aliphatic carbocycles. The molecular weight excluding hydrogens is 140 g/mol. The molecule has 0 spiro atoms. The predicted molar refractivity (Wildman–Crippen MR) is 41.0 cm³/mol. The number of esters is 1. The van der Waals surface area contributed by atoms with Gasteiger partial charge in [0.25, 0.3) is 0 Å². The van der Waals surface area contributed by atoms with Gasteiger partial charge in [0.1, 0.15) is 0 Å². The van der Waals surface area contributed by atoms with E-state index in [1.807, 2.05) is 0 Å². The Morgan fingerprint density at radius 3 is 3.09 bits per heavy atom. The SMILES string of the molecule is C[C@H]1CC[C@@H]2CC(=O)OC[C@@H]21. The van der Waals surface area contributed by atoms with Crippen LogP contribution in [-0.4, -0.2) is 12.6 Å². The van der Waals surface area contributed by atoms with E-state index in [2.05, 4.69) is 6.92 Å². The van der Waals surface area contributed by atoms with Crippen LogP contribution in [0.3, 0.4) is 0 Å². The molecule has 0 aromatic heterocycles. The summed E-state index contributed by atoms with van der Waals surface area (Å²) in [4.78, 5) is 10.9. The Hall–Kier alpha value is -0.530. The van der Waals surface area contributed by atoms with Crippen molar-refractivity contribution in [1.82, 2.24) is 0 Å². The van der Waals surface area contributed by atoms with E-state index in [0.29, 0.717) is 24.9 Å². The molecule has 0 unspecified atom stereocenters. The molecule has 0 amide bonds. The van der Waals surface area contributed by atoms with E-state index < -0.39 is 0 Å². The zero-order valence-corrected chi connectivity index (χ0v) is 6.88. The molecule has 1 heterocycles. The molecule has 1 saturated heterocycles. The number of cyclic esters (lactones) is 1. The van der Waals surface area contributed by atoms with Gasteiger partial charge in [0.2, 0.25) is 0 Å². The quantitative estimate of drug-likeness (QED) is 0.495. The number of hydrogen-bond acceptors (Lipinski definition) is 2. The average Bonchev–Trinajstić information content (AvgIpc) is 2.32. The van der Waals surface area contributed by atoms with Gasteiger partial charge in [0.15, 0.2) is 0 Å². The standard InChI is InChI=1S/C9H14O2/c1-6-2-3-7-4-9(10)11-5-8(6)7/h6-8H,2-5H2,1H3/t6-,7+,8+/m0/s1. The molecule has 62 valence electrons. The van der Waals surface area contributed by atoms with Gasteiger partial charge in [-0.05, 0) is 24.2 Å². The van der Waals surface area contributed by atoms with Crippen molar-refractivity contribution in [2.75, 3.05) is 6.61 Å². The minimum Gasteiger partial charge on any atom is -0.465 e. The van der Waals surface area contributed by atoms with Crippen molar-refractivity contribution in [3.8, 4) is 0 Å². The Labute approximate surface area is 66.9 Å². The average molecular weight is 154 g/mol. The van der Waals surface area contributed by atoms with Gasteiger partial charge in [-0.15, -0.1) is 0 Å². The molecule has 0 aromatic carbocycles. The third kappa shape index (κ3) is 1.15. The zero-order valence-electron chi connectivity index (χ0n) is 6.88. The fraction of sp³-hybridized carbons (Fsp3) is 0.889. The molecule has 1 saturated carbocycles. The Morgan fingerprint density at radius 1 is 1.45 bits per heavy atom. The Kier molecular flexibility index (Phi) is 1.63. The van der Waals surface area contributed by atoms with E-state index >= 15 is 0 Å². The van der Waals surface area contributed by atoms with Crippen LogP contribution in [0.5, 0.6) is 0 Å². The Morgan fingerprint density at radius 2 is 2.27 bits per heavy atom. The second-order valence-corrected chi connectivity index (χ2v) is 3.87. The smallest absolute Gasteiger partial charge is 0.306 e. The highest BCUT2D eigenvalue weighted by Crippen LogP contribution is 2.41. The summed E-state index contributed by atoms with van der Waals surface area (Å²) >= 11 is 0. The van der Waals surface area contributed by atoms with Gasteiger partial charge in [0, 0.05) is 6.42 Å². The highest BCUT2D eigenvalue weighted by Gasteiger charge is 2.38. The van der Waals surface area contributed by atoms with Crippen molar-refractivity contribution in [3.63, 3.8) is 0 Å². The largest absolute Gasteiger partial charge is 0.465 e. The maximum atomic E-state index is 10.9. The van der Waals surface area contributed by atoms with Crippen molar-refractivity contribution >= 4 is 5.97 Å². The lowest BCUT2D eigenvalue weighted by molar-refractivity contribution is -0.152. The van der Waals surface area contributed by atoms with Crippen LogP contribution in [0.25, 0.3) is 0 Å². The fourth-order valence-corrected chi connectivity index (χ4v) is 2.39. The summed E-state index contributed by atoms with van der Waals surface area (Å²) in [5.41, 5.74) is 0. The van der Waals surface area contributed by atoms with Gasteiger partial charge in [-0.2, -0.15) is 0 Å². The van der Waals surface area contributed by atoms with Crippen LogP contribution in [0.15, 0.2) is 0 Å². The summed E-state index contributed by atoms with van der Waals surface area (Å²) < 4.78 is 5.02. The Balaban J connectivity index is 2.05. The van der Waals surface area contributed by atoms with Crippen LogP contribution in [-0.2, 0) is 9.53 Å².